The van der Waals surface area contributed by atoms with E-state index >= 15 is 0 Å². The normalized spacial score (nSPS) is 13.7. The van der Waals surface area contributed by atoms with Crippen LogP contribution in [0.3, 0.4) is 0 Å². The topological polar surface area (TPSA) is 76.6 Å². The van der Waals surface area contributed by atoms with E-state index in [4.69, 9.17) is 9.47 Å². The van der Waals surface area contributed by atoms with Gasteiger partial charge < -0.3 is 19.7 Å². The number of benzene rings is 2. The second kappa shape index (κ2) is 9.48. The number of carbonyl (C=O) groups is 1. The number of morpholine rings is 1. The molecule has 0 unspecified atom stereocenters. The predicted octanol–water partition coefficient (Wildman–Crippen LogP) is 3.28. The molecule has 31 heavy (non-hydrogen) atoms. The molecule has 1 saturated heterocycles. The Morgan fingerprint density at radius 3 is 2.48 bits per heavy atom. The first-order valence-electron chi connectivity index (χ1n) is 9.73. The Morgan fingerprint density at radius 1 is 1.03 bits per heavy atom. The highest BCUT2D eigenvalue weighted by Crippen LogP contribution is 2.21. The highest BCUT2D eigenvalue weighted by Gasteiger charge is 2.13. The molecule has 2 heterocycles. The number of nitrogens with zero attached hydrogens (tertiary/aromatic N) is 3. The van der Waals surface area contributed by atoms with Crippen molar-refractivity contribution in [3.05, 3.63) is 66.2 Å². The summed E-state index contributed by atoms with van der Waals surface area (Å²) in [5.41, 5.74) is 2.11. The largest absolute Gasteiger partial charge is 0.481 e. The summed E-state index contributed by atoms with van der Waals surface area (Å²) in [6, 6.07) is 13.8. The monoisotopic (exact) mass is 426 g/mol. The van der Waals surface area contributed by atoms with E-state index in [-0.39, 0.29) is 5.75 Å². The van der Waals surface area contributed by atoms with Crippen LogP contribution in [-0.2, 0) is 9.53 Å². The number of carbonyl (C=O) groups excluding carboxylic acids is 1. The molecule has 0 spiro atoms. The lowest BCUT2D eigenvalue weighted by Crippen LogP contribution is -2.36. The lowest BCUT2D eigenvalue weighted by atomic mass is 10.1. The Kier molecular flexibility index (Phi) is 6.32. The summed E-state index contributed by atoms with van der Waals surface area (Å²) in [6.45, 7) is 2.54. The van der Waals surface area contributed by atoms with E-state index < -0.39 is 24.1 Å². The molecule has 1 amide bonds. The predicted molar refractivity (Wildman–Crippen MR) is 111 cm³/mol. The van der Waals surface area contributed by atoms with Gasteiger partial charge in [-0.1, -0.05) is 12.1 Å². The van der Waals surface area contributed by atoms with Crippen LogP contribution in [0, 0.1) is 11.6 Å². The van der Waals surface area contributed by atoms with Crippen LogP contribution in [0.25, 0.3) is 11.3 Å². The highest BCUT2D eigenvalue weighted by atomic mass is 19.1. The molecule has 1 aromatic heterocycles. The van der Waals surface area contributed by atoms with Gasteiger partial charge in [-0.2, -0.15) is 0 Å². The van der Waals surface area contributed by atoms with Gasteiger partial charge in [0.1, 0.15) is 5.82 Å². The maximum atomic E-state index is 13.5. The number of aromatic nitrogens is 2. The van der Waals surface area contributed by atoms with Gasteiger partial charge in [-0.15, -0.1) is 10.2 Å². The second-order valence-corrected chi connectivity index (χ2v) is 6.87. The summed E-state index contributed by atoms with van der Waals surface area (Å²) in [5, 5.41) is 11.2. The van der Waals surface area contributed by atoms with Gasteiger partial charge in [0.25, 0.3) is 5.91 Å². The molecule has 2 aromatic carbocycles. The third-order valence-electron chi connectivity index (χ3n) is 4.70. The van der Waals surface area contributed by atoms with Crippen LogP contribution in [0.4, 0.5) is 20.3 Å². The fourth-order valence-corrected chi connectivity index (χ4v) is 3.10. The fraction of sp³-hybridized carbons (Fsp3) is 0.227. The molecule has 1 fully saturated rings. The molecular formula is C22H20F2N4O3. The number of halogens is 2. The maximum Gasteiger partial charge on any atom is 0.262 e. The summed E-state index contributed by atoms with van der Waals surface area (Å²) < 4.78 is 36.9. The van der Waals surface area contributed by atoms with Crippen molar-refractivity contribution in [2.45, 2.75) is 0 Å². The zero-order chi connectivity index (χ0) is 21.6. The molecule has 0 radical (unpaired) electrons. The summed E-state index contributed by atoms with van der Waals surface area (Å²) >= 11 is 0. The van der Waals surface area contributed by atoms with Crippen LogP contribution < -0.4 is 15.0 Å². The molecule has 0 aliphatic carbocycles. The lowest BCUT2D eigenvalue weighted by molar-refractivity contribution is -0.118. The Bertz CT molecular complexity index is 1040. The van der Waals surface area contributed by atoms with Crippen molar-refractivity contribution in [3.8, 4) is 17.0 Å². The van der Waals surface area contributed by atoms with Crippen LogP contribution >= 0.6 is 0 Å². The van der Waals surface area contributed by atoms with E-state index in [9.17, 15) is 13.6 Å². The Labute approximate surface area is 177 Å². The summed E-state index contributed by atoms with van der Waals surface area (Å²) in [4.78, 5) is 14.2. The van der Waals surface area contributed by atoms with E-state index in [0.29, 0.717) is 30.7 Å². The number of ether oxygens (including phenoxy) is 2. The van der Waals surface area contributed by atoms with Gasteiger partial charge in [-0.05, 0) is 36.4 Å². The van der Waals surface area contributed by atoms with Crippen LogP contribution in [0.15, 0.2) is 54.6 Å². The maximum absolute atomic E-state index is 13.5. The van der Waals surface area contributed by atoms with Gasteiger partial charge in [0, 0.05) is 30.4 Å². The van der Waals surface area contributed by atoms with Crippen molar-refractivity contribution >= 4 is 17.4 Å². The zero-order valence-electron chi connectivity index (χ0n) is 16.6. The van der Waals surface area contributed by atoms with E-state index in [2.05, 4.69) is 20.4 Å². The summed E-state index contributed by atoms with van der Waals surface area (Å²) in [6.07, 6.45) is 0. The van der Waals surface area contributed by atoms with Crippen LogP contribution in [0.1, 0.15) is 0 Å². The molecule has 7 nitrogen and oxygen atoms in total. The van der Waals surface area contributed by atoms with Crippen molar-refractivity contribution in [1.82, 2.24) is 10.2 Å². The third kappa shape index (κ3) is 5.32. The average molecular weight is 426 g/mol. The Hall–Kier alpha value is -3.59. The summed E-state index contributed by atoms with van der Waals surface area (Å²) in [7, 11) is 0. The van der Waals surface area contributed by atoms with Crippen LogP contribution in [0.2, 0.25) is 0 Å². The molecule has 1 aliphatic rings. The van der Waals surface area contributed by atoms with E-state index in [0.717, 1.165) is 36.6 Å². The SMILES string of the molecule is O=C(COc1ccc(F)cc1F)Nc1ccc(-c2ccc(N3CCOCC3)nn2)cc1. The van der Waals surface area contributed by atoms with Crippen molar-refractivity contribution in [2.24, 2.45) is 0 Å². The molecule has 9 heteroatoms. The molecule has 3 aromatic rings. The van der Waals surface area contributed by atoms with E-state index in [1.165, 1.54) is 0 Å². The minimum atomic E-state index is -0.863. The van der Waals surface area contributed by atoms with Gasteiger partial charge in [-0.25, -0.2) is 8.78 Å². The quantitative estimate of drug-likeness (QED) is 0.652. The first-order chi connectivity index (χ1) is 15.1. The molecule has 0 bridgehead atoms. The molecule has 1 N–H and O–H groups in total. The molecule has 4 rings (SSSR count). The number of nitrogens with one attached hydrogen (secondary N) is 1. The van der Waals surface area contributed by atoms with Crippen molar-refractivity contribution in [2.75, 3.05) is 43.1 Å². The summed E-state index contributed by atoms with van der Waals surface area (Å²) in [5.74, 6) is -1.42. The molecule has 1 aliphatic heterocycles. The van der Waals surface area contributed by atoms with Crippen molar-refractivity contribution in [3.63, 3.8) is 0 Å². The minimum Gasteiger partial charge on any atom is -0.481 e. The Balaban J connectivity index is 1.32. The molecule has 0 saturated carbocycles. The van der Waals surface area contributed by atoms with Crippen molar-refractivity contribution in [1.29, 1.82) is 0 Å². The van der Waals surface area contributed by atoms with Crippen LogP contribution in [-0.4, -0.2) is 49.0 Å². The van der Waals surface area contributed by atoms with E-state index in [1.807, 2.05) is 24.3 Å². The lowest BCUT2D eigenvalue weighted by Gasteiger charge is -2.27. The number of amides is 1. The first kappa shape index (κ1) is 20.7. The zero-order valence-corrected chi connectivity index (χ0v) is 16.6. The fourth-order valence-electron chi connectivity index (χ4n) is 3.10. The number of hydrogen-bond donors (Lipinski definition) is 1. The smallest absolute Gasteiger partial charge is 0.262 e. The number of anilines is 2. The number of rotatable bonds is 6. The van der Waals surface area contributed by atoms with E-state index in [1.54, 1.807) is 12.1 Å². The van der Waals surface area contributed by atoms with Crippen LogP contribution in [0.5, 0.6) is 5.75 Å². The van der Waals surface area contributed by atoms with Crippen molar-refractivity contribution < 1.29 is 23.0 Å². The first-order valence-corrected chi connectivity index (χ1v) is 9.73. The van der Waals surface area contributed by atoms with Gasteiger partial charge in [0.15, 0.2) is 24.0 Å². The van der Waals surface area contributed by atoms with Gasteiger partial charge in [0.05, 0.1) is 18.9 Å². The van der Waals surface area contributed by atoms with Gasteiger partial charge >= 0.3 is 0 Å². The Morgan fingerprint density at radius 2 is 1.81 bits per heavy atom. The second-order valence-electron chi connectivity index (χ2n) is 6.87. The molecule has 160 valence electrons. The van der Waals surface area contributed by atoms with Gasteiger partial charge in [-0.3, -0.25) is 4.79 Å². The standard InChI is InChI=1S/C22H20F2N4O3/c23-16-3-7-20(18(24)13-16)31-14-22(29)25-17-4-1-15(2-5-17)19-6-8-21(27-26-19)28-9-11-30-12-10-28/h1-8,13H,9-12,14H2,(H,25,29). The highest BCUT2D eigenvalue weighted by molar-refractivity contribution is 5.92. The number of hydrogen-bond acceptors (Lipinski definition) is 6. The molecular weight excluding hydrogens is 406 g/mol. The van der Waals surface area contributed by atoms with Gasteiger partial charge in [0.2, 0.25) is 0 Å². The average Bonchev–Trinajstić information content (AvgIpc) is 2.80. The third-order valence-corrected chi connectivity index (χ3v) is 4.70. The molecule has 0 atom stereocenters. The minimum absolute atomic E-state index is 0.189.